The van der Waals surface area contributed by atoms with Gasteiger partial charge in [-0.3, -0.25) is 9.78 Å². The van der Waals surface area contributed by atoms with E-state index in [9.17, 15) is 4.79 Å². The number of nitrogens with zero attached hydrogens (tertiary/aromatic N) is 1. The number of ether oxygens (including phenoxy) is 2. The van der Waals surface area contributed by atoms with Crippen molar-refractivity contribution in [3.63, 3.8) is 0 Å². The molecule has 33 heavy (non-hydrogen) atoms. The van der Waals surface area contributed by atoms with Crippen LogP contribution in [0.25, 0.3) is 5.57 Å². The first-order chi connectivity index (χ1) is 16.1. The van der Waals surface area contributed by atoms with Gasteiger partial charge in [-0.1, -0.05) is 38.0 Å². The van der Waals surface area contributed by atoms with Gasteiger partial charge in [0.2, 0.25) is 5.91 Å². The first-order valence-corrected chi connectivity index (χ1v) is 11.9. The fourth-order valence-corrected chi connectivity index (χ4v) is 3.71. The molecule has 1 aromatic carbocycles. The Bertz CT molecular complexity index is 907. The summed E-state index contributed by atoms with van der Waals surface area (Å²) in [6.07, 6.45) is 16.4. The van der Waals surface area contributed by atoms with Gasteiger partial charge in [-0.2, -0.15) is 0 Å². The minimum atomic E-state index is -0.0743. The van der Waals surface area contributed by atoms with E-state index in [1.54, 1.807) is 26.5 Å². The number of hydrogen-bond donors (Lipinski definition) is 1. The number of nitrogens with one attached hydrogen (secondary N) is 1. The molecule has 0 unspecified atom stereocenters. The van der Waals surface area contributed by atoms with E-state index < -0.39 is 0 Å². The van der Waals surface area contributed by atoms with E-state index in [-0.39, 0.29) is 11.9 Å². The molecule has 1 heterocycles. The van der Waals surface area contributed by atoms with Gasteiger partial charge in [0, 0.05) is 36.1 Å². The van der Waals surface area contributed by atoms with E-state index in [1.807, 2.05) is 49.5 Å². The number of carbonyl (C=O) groups excluding carboxylic acids is 1. The van der Waals surface area contributed by atoms with Crippen molar-refractivity contribution in [1.29, 1.82) is 0 Å². The van der Waals surface area contributed by atoms with Crippen LogP contribution in [0.5, 0.6) is 11.5 Å². The van der Waals surface area contributed by atoms with Crippen LogP contribution >= 0.6 is 0 Å². The number of carbonyl (C=O) groups is 1. The Balaban J connectivity index is 1.97. The number of unbranched alkanes of at least 4 members (excludes halogenated alkanes) is 2. The Hall–Kier alpha value is -3.08. The molecule has 0 saturated carbocycles. The molecule has 0 fully saturated rings. The molecule has 2 aromatic rings. The molecular weight excluding hydrogens is 412 g/mol. The van der Waals surface area contributed by atoms with Gasteiger partial charge in [-0.15, -0.1) is 0 Å². The van der Waals surface area contributed by atoms with Crippen LogP contribution in [0.3, 0.4) is 0 Å². The fourth-order valence-electron chi connectivity index (χ4n) is 3.71. The van der Waals surface area contributed by atoms with Gasteiger partial charge in [0.1, 0.15) is 11.5 Å². The lowest BCUT2D eigenvalue weighted by molar-refractivity contribution is -0.117. The van der Waals surface area contributed by atoms with Crippen LogP contribution < -0.4 is 14.8 Å². The summed E-state index contributed by atoms with van der Waals surface area (Å²) in [7, 11) is 3.31. The average molecular weight is 451 g/mol. The third-order valence-corrected chi connectivity index (χ3v) is 5.56. The highest BCUT2D eigenvalue weighted by Crippen LogP contribution is 2.33. The number of rotatable bonds is 14. The van der Waals surface area contributed by atoms with Crippen LogP contribution in [0.1, 0.15) is 63.5 Å². The van der Waals surface area contributed by atoms with Crippen LogP contribution in [0.15, 0.2) is 61.0 Å². The van der Waals surface area contributed by atoms with Gasteiger partial charge >= 0.3 is 0 Å². The largest absolute Gasteiger partial charge is 0.497 e. The predicted molar refractivity (Wildman–Crippen MR) is 136 cm³/mol. The third kappa shape index (κ3) is 9.52. The van der Waals surface area contributed by atoms with Crippen LogP contribution in [-0.4, -0.2) is 31.2 Å². The summed E-state index contributed by atoms with van der Waals surface area (Å²) in [5.41, 5.74) is 3.41. The van der Waals surface area contributed by atoms with Crippen molar-refractivity contribution in [1.82, 2.24) is 10.3 Å². The molecule has 0 aliphatic carbocycles. The van der Waals surface area contributed by atoms with E-state index in [2.05, 4.69) is 23.3 Å². The lowest BCUT2D eigenvalue weighted by Gasteiger charge is -2.14. The average Bonchev–Trinajstić information content (AvgIpc) is 2.83. The normalized spacial score (nSPS) is 12.5. The van der Waals surface area contributed by atoms with E-state index in [0.717, 1.165) is 67.6 Å². The highest BCUT2D eigenvalue weighted by atomic mass is 16.5. The summed E-state index contributed by atoms with van der Waals surface area (Å²) in [6.45, 7) is 4.24. The standard InChI is InChI=1S/C28H38N2O3/c1-5-6-7-14-24(26-18-17-25(32-3)20-27(26)33-4)15-9-16-28(31)30-22(2)11-8-12-23-13-10-19-29-21-23/h9-10,13,15-22H,5-8,11-12,14H2,1-4H3,(H,30,31)/t22-/m1/s1. The summed E-state index contributed by atoms with van der Waals surface area (Å²) < 4.78 is 10.9. The van der Waals surface area contributed by atoms with Crippen LogP contribution in [0.2, 0.25) is 0 Å². The molecule has 1 N–H and O–H groups in total. The summed E-state index contributed by atoms with van der Waals surface area (Å²) in [5, 5.41) is 3.06. The first-order valence-electron chi connectivity index (χ1n) is 11.9. The quantitative estimate of drug-likeness (QED) is 0.213. The van der Waals surface area contributed by atoms with E-state index >= 15 is 0 Å². The minimum Gasteiger partial charge on any atom is -0.497 e. The summed E-state index contributed by atoms with van der Waals surface area (Å²) in [6, 6.07) is 10.0. The second-order valence-electron chi connectivity index (χ2n) is 8.24. The summed E-state index contributed by atoms with van der Waals surface area (Å²) >= 11 is 0. The maximum atomic E-state index is 12.4. The minimum absolute atomic E-state index is 0.0743. The van der Waals surface area contributed by atoms with Crippen molar-refractivity contribution in [2.75, 3.05) is 14.2 Å². The maximum absolute atomic E-state index is 12.4. The zero-order valence-corrected chi connectivity index (χ0v) is 20.5. The van der Waals surface area contributed by atoms with E-state index in [4.69, 9.17) is 9.47 Å². The Morgan fingerprint density at radius 2 is 2.00 bits per heavy atom. The smallest absolute Gasteiger partial charge is 0.244 e. The molecule has 0 aliphatic rings. The van der Waals surface area contributed by atoms with E-state index in [1.165, 1.54) is 5.56 Å². The zero-order valence-electron chi connectivity index (χ0n) is 20.5. The molecule has 5 heteroatoms. The Kier molecular flexibility index (Phi) is 11.8. The summed E-state index contributed by atoms with van der Waals surface area (Å²) in [5.74, 6) is 1.46. The SMILES string of the molecule is CCCCCC(=CC=CC(=O)N[C@H](C)CCCc1cccnc1)c1ccc(OC)cc1OC. The number of hydrogen-bond acceptors (Lipinski definition) is 4. The number of amides is 1. The van der Waals surface area contributed by atoms with Crippen LogP contribution in [0.4, 0.5) is 0 Å². The second kappa shape index (κ2) is 14.9. The molecule has 0 spiro atoms. The maximum Gasteiger partial charge on any atom is 0.244 e. The lowest BCUT2D eigenvalue weighted by Crippen LogP contribution is -2.31. The topological polar surface area (TPSA) is 60.5 Å². The number of methoxy groups -OCH3 is 2. The van der Waals surface area contributed by atoms with Gasteiger partial charge in [-0.25, -0.2) is 0 Å². The Morgan fingerprint density at radius 1 is 1.15 bits per heavy atom. The predicted octanol–water partition coefficient (Wildman–Crippen LogP) is 6.15. The summed E-state index contributed by atoms with van der Waals surface area (Å²) in [4.78, 5) is 16.5. The molecule has 0 aliphatic heterocycles. The highest BCUT2D eigenvalue weighted by molar-refractivity contribution is 5.88. The van der Waals surface area contributed by atoms with Crippen molar-refractivity contribution in [2.45, 2.75) is 64.8 Å². The van der Waals surface area contributed by atoms with Crippen LogP contribution in [0, 0.1) is 0 Å². The second-order valence-corrected chi connectivity index (χ2v) is 8.24. The van der Waals surface area contributed by atoms with E-state index in [0.29, 0.717) is 0 Å². The van der Waals surface area contributed by atoms with Crippen molar-refractivity contribution in [3.8, 4) is 11.5 Å². The van der Waals surface area contributed by atoms with Crippen molar-refractivity contribution < 1.29 is 14.3 Å². The molecule has 2 rings (SSSR count). The van der Waals surface area contributed by atoms with Gasteiger partial charge in [0.15, 0.2) is 0 Å². The Labute approximate surface area is 198 Å². The molecule has 0 saturated heterocycles. The Morgan fingerprint density at radius 3 is 2.70 bits per heavy atom. The lowest BCUT2D eigenvalue weighted by atomic mass is 9.98. The number of allylic oxidation sites excluding steroid dienone is 3. The number of aryl methyl sites for hydroxylation is 1. The third-order valence-electron chi connectivity index (χ3n) is 5.56. The van der Waals surface area contributed by atoms with Gasteiger partial charge in [0.25, 0.3) is 0 Å². The number of benzene rings is 1. The highest BCUT2D eigenvalue weighted by Gasteiger charge is 2.10. The molecule has 0 radical (unpaired) electrons. The van der Waals surface area contributed by atoms with Gasteiger partial charge in [-0.05, 0) is 68.4 Å². The fraction of sp³-hybridized carbons (Fsp3) is 0.429. The monoisotopic (exact) mass is 450 g/mol. The molecular formula is C28H38N2O3. The van der Waals surface area contributed by atoms with Crippen molar-refractivity contribution in [3.05, 3.63) is 72.1 Å². The van der Waals surface area contributed by atoms with Gasteiger partial charge < -0.3 is 14.8 Å². The van der Waals surface area contributed by atoms with Crippen LogP contribution in [-0.2, 0) is 11.2 Å². The number of aromatic nitrogens is 1. The number of pyridine rings is 1. The molecule has 1 amide bonds. The molecule has 0 bridgehead atoms. The molecule has 5 nitrogen and oxygen atoms in total. The van der Waals surface area contributed by atoms with Crippen molar-refractivity contribution in [2.24, 2.45) is 0 Å². The van der Waals surface area contributed by atoms with Crippen molar-refractivity contribution >= 4 is 11.5 Å². The molecule has 178 valence electrons. The molecule has 1 atom stereocenters. The zero-order chi connectivity index (χ0) is 23.9. The first kappa shape index (κ1) is 26.2. The molecule has 1 aromatic heterocycles. The van der Waals surface area contributed by atoms with Gasteiger partial charge in [0.05, 0.1) is 14.2 Å².